The standard InChI is InChI=1S/C18H20N6O.C2HF3O2/c1-12-4-2-3-5-14-8-13(6-7-20-14)17-15(22-18(12)25)10-24(23-17)16-9-19-11-21-16;3-2(4,5)1(6)7/h6-12H,2-5H2,1H3,(H,19,21)(H,22,25);(H,6,7). The van der Waals surface area contributed by atoms with Crippen LogP contribution in [0.5, 0.6) is 0 Å². The average molecular weight is 450 g/mol. The number of amides is 1. The molecule has 12 heteroatoms. The van der Waals surface area contributed by atoms with Crippen LogP contribution in [-0.4, -0.2) is 47.9 Å². The third kappa shape index (κ3) is 5.71. The lowest BCUT2D eigenvalue weighted by Gasteiger charge is -2.13. The van der Waals surface area contributed by atoms with Gasteiger partial charge in [0.1, 0.15) is 5.69 Å². The maximum Gasteiger partial charge on any atom is 0.490 e. The van der Waals surface area contributed by atoms with Crippen LogP contribution in [0.15, 0.2) is 37.1 Å². The summed E-state index contributed by atoms with van der Waals surface area (Å²) in [6.07, 6.45) is 5.67. The molecule has 1 aliphatic heterocycles. The Hall–Kier alpha value is -3.70. The summed E-state index contributed by atoms with van der Waals surface area (Å²) in [5.41, 5.74) is 3.44. The Morgan fingerprint density at radius 3 is 2.72 bits per heavy atom. The van der Waals surface area contributed by atoms with E-state index >= 15 is 0 Å². The summed E-state index contributed by atoms with van der Waals surface area (Å²) in [6, 6.07) is 3.98. The van der Waals surface area contributed by atoms with E-state index in [0.717, 1.165) is 48.5 Å². The summed E-state index contributed by atoms with van der Waals surface area (Å²) in [6.45, 7) is 1.97. The van der Waals surface area contributed by atoms with Crippen LogP contribution in [0.2, 0.25) is 0 Å². The second-order valence-corrected chi connectivity index (χ2v) is 7.25. The van der Waals surface area contributed by atoms with Crippen molar-refractivity contribution in [2.45, 2.75) is 38.8 Å². The Kier molecular flexibility index (Phi) is 6.91. The van der Waals surface area contributed by atoms with Gasteiger partial charge in [-0.1, -0.05) is 13.3 Å². The number of rotatable bonds is 1. The Morgan fingerprint density at radius 2 is 2.06 bits per heavy atom. The molecule has 2 bridgehead atoms. The molecule has 0 aromatic carbocycles. The van der Waals surface area contributed by atoms with Crippen LogP contribution in [0.25, 0.3) is 17.1 Å². The third-order valence-corrected chi connectivity index (χ3v) is 4.80. The van der Waals surface area contributed by atoms with Crippen molar-refractivity contribution in [1.29, 1.82) is 0 Å². The lowest BCUT2D eigenvalue weighted by atomic mass is 10.00. The van der Waals surface area contributed by atoms with E-state index < -0.39 is 12.1 Å². The van der Waals surface area contributed by atoms with E-state index in [1.54, 1.807) is 23.4 Å². The minimum absolute atomic E-state index is 0.0280. The molecular formula is C20H21F3N6O3. The van der Waals surface area contributed by atoms with Gasteiger partial charge in [-0.15, -0.1) is 0 Å². The Balaban J connectivity index is 0.000000360. The van der Waals surface area contributed by atoms with Crippen LogP contribution in [0.4, 0.5) is 18.9 Å². The molecule has 0 saturated carbocycles. The molecular weight excluding hydrogens is 429 g/mol. The monoisotopic (exact) mass is 450 g/mol. The van der Waals surface area contributed by atoms with Gasteiger partial charge in [0.15, 0.2) is 5.82 Å². The topological polar surface area (TPSA) is 126 Å². The fourth-order valence-corrected chi connectivity index (χ4v) is 3.08. The number of hydrogen-bond acceptors (Lipinski definition) is 5. The highest BCUT2D eigenvalue weighted by atomic mass is 19.4. The number of fused-ring (bicyclic) bond motifs is 4. The van der Waals surface area contributed by atoms with E-state index in [1.165, 1.54) is 0 Å². The van der Waals surface area contributed by atoms with E-state index in [-0.39, 0.29) is 11.8 Å². The zero-order chi connectivity index (χ0) is 23.3. The Labute approximate surface area is 180 Å². The number of pyridine rings is 1. The van der Waals surface area contributed by atoms with E-state index in [2.05, 4.69) is 31.4 Å². The van der Waals surface area contributed by atoms with Gasteiger partial charge in [-0.3, -0.25) is 9.78 Å². The maximum atomic E-state index is 12.5. The summed E-state index contributed by atoms with van der Waals surface area (Å²) < 4.78 is 33.4. The second kappa shape index (κ2) is 9.62. The first kappa shape index (κ1) is 23.0. The quantitative estimate of drug-likeness (QED) is 0.520. The molecule has 0 aliphatic carbocycles. The van der Waals surface area contributed by atoms with Crippen LogP contribution >= 0.6 is 0 Å². The summed E-state index contributed by atoms with van der Waals surface area (Å²) in [7, 11) is 0. The second-order valence-electron chi connectivity index (χ2n) is 7.25. The number of aromatic amines is 1. The number of aromatic nitrogens is 5. The molecule has 170 valence electrons. The fraction of sp³-hybridized carbons (Fsp3) is 0.350. The molecule has 3 aromatic heterocycles. The molecule has 1 unspecified atom stereocenters. The third-order valence-electron chi connectivity index (χ3n) is 4.80. The largest absolute Gasteiger partial charge is 0.490 e. The molecule has 3 N–H and O–H groups in total. The highest BCUT2D eigenvalue weighted by Gasteiger charge is 2.38. The van der Waals surface area contributed by atoms with E-state index in [4.69, 9.17) is 9.90 Å². The van der Waals surface area contributed by atoms with Crippen molar-refractivity contribution in [1.82, 2.24) is 24.7 Å². The molecule has 1 amide bonds. The molecule has 0 radical (unpaired) electrons. The van der Waals surface area contributed by atoms with Gasteiger partial charge in [-0.05, 0) is 31.4 Å². The highest BCUT2D eigenvalue weighted by Crippen LogP contribution is 2.29. The number of nitrogens with zero attached hydrogens (tertiary/aromatic N) is 4. The normalized spacial score (nSPS) is 16.5. The molecule has 1 aliphatic rings. The zero-order valence-electron chi connectivity index (χ0n) is 17.1. The highest BCUT2D eigenvalue weighted by molar-refractivity contribution is 5.95. The van der Waals surface area contributed by atoms with E-state index in [0.29, 0.717) is 5.69 Å². The van der Waals surface area contributed by atoms with Crippen LogP contribution in [0, 0.1) is 5.92 Å². The van der Waals surface area contributed by atoms with Crippen LogP contribution in [0.1, 0.15) is 31.9 Å². The van der Waals surface area contributed by atoms with Crippen molar-refractivity contribution >= 4 is 17.6 Å². The van der Waals surface area contributed by atoms with Gasteiger partial charge in [0.05, 0.1) is 24.4 Å². The number of carbonyl (C=O) groups excluding carboxylic acids is 1. The summed E-state index contributed by atoms with van der Waals surface area (Å²) >= 11 is 0. The molecule has 0 spiro atoms. The number of imidazole rings is 1. The van der Waals surface area contributed by atoms with Crippen LogP contribution in [-0.2, 0) is 16.0 Å². The maximum absolute atomic E-state index is 12.5. The zero-order valence-corrected chi connectivity index (χ0v) is 17.1. The molecule has 4 rings (SSSR count). The van der Waals surface area contributed by atoms with Crippen molar-refractivity contribution in [2.24, 2.45) is 5.92 Å². The minimum Gasteiger partial charge on any atom is -0.475 e. The lowest BCUT2D eigenvalue weighted by Crippen LogP contribution is -2.21. The van der Waals surface area contributed by atoms with Gasteiger partial charge in [-0.2, -0.15) is 18.3 Å². The molecule has 3 aromatic rings. The van der Waals surface area contributed by atoms with Crippen LogP contribution in [0.3, 0.4) is 0 Å². The van der Waals surface area contributed by atoms with Gasteiger partial charge in [0, 0.05) is 23.4 Å². The number of carbonyl (C=O) groups is 2. The SMILES string of the molecule is CC1CCCCc2cc(ccn2)-c2nn(-c3cnc[nH]3)cc2NC1=O.O=C(O)C(F)(F)F. The summed E-state index contributed by atoms with van der Waals surface area (Å²) in [5.74, 6) is -2.02. The number of aliphatic carboxylic acids is 1. The molecule has 4 heterocycles. The van der Waals surface area contributed by atoms with Gasteiger partial charge >= 0.3 is 12.1 Å². The summed E-state index contributed by atoms with van der Waals surface area (Å²) in [5, 5.41) is 14.8. The number of carboxylic acid groups (broad SMARTS) is 1. The smallest absolute Gasteiger partial charge is 0.475 e. The fourth-order valence-electron chi connectivity index (χ4n) is 3.08. The van der Waals surface area contributed by atoms with Crippen molar-refractivity contribution in [3.63, 3.8) is 0 Å². The van der Waals surface area contributed by atoms with Crippen LogP contribution < -0.4 is 5.32 Å². The van der Waals surface area contributed by atoms with Gasteiger partial charge in [0.25, 0.3) is 0 Å². The Morgan fingerprint density at radius 1 is 1.31 bits per heavy atom. The van der Waals surface area contributed by atoms with Crippen molar-refractivity contribution in [2.75, 3.05) is 5.32 Å². The lowest BCUT2D eigenvalue weighted by molar-refractivity contribution is -0.192. The number of hydrogen-bond donors (Lipinski definition) is 3. The minimum atomic E-state index is -5.08. The Bertz CT molecular complexity index is 1080. The first-order chi connectivity index (χ1) is 15.1. The number of carboxylic acids is 1. The first-order valence-electron chi connectivity index (χ1n) is 9.80. The van der Waals surface area contributed by atoms with E-state index in [9.17, 15) is 18.0 Å². The molecule has 0 fully saturated rings. The number of anilines is 1. The number of halogens is 3. The van der Waals surface area contributed by atoms with E-state index in [1.807, 2.05) is 19.2 Å². The average Bonchev–Trinajstić information content (AvgIpc) is 3.40. The number of aryl methyl sites for hydroxylation is 1. The van der Waals surface area contributed by atoms with Gasteiger partial charge in [0.2, 0.25) is 5.91 Å². The predicted molar refractivity (Wildman–Crippen MR) is 108 cm³/mol. The van der Waals surface area contributed by atoms with Gasteiger partial charge < -0.3 is 15.4 Å². The molecule has 1 atom stereocenters. The number of nitrogens with one attached hydrogen (secondary N) is 2. The predicted octanol–water partition coefficient (Wildman–Crippen LogP) is 3.59. The van der Waals surface area contributed by atoms with Crippen molar-refractivity contribution in [3.05, 3.63) is 42.7 Å². The number of H-pyrrole nitrogens is 1. The molecule has 0 saturated heterocycles. The molecule has 9 nitrogen and oxygen atoms in total. The van der Waals surface area contributed by atoms with Crippen molar-refractivity contribution in [3.8, 4) is 17.1 Å². The van der Waals surface area contributed by atoms with Gasteiger partial charge in [-0.25, -0.2) is 14.5 Å². The summed E-state index contributed by atoms with van der Waals surface area (Å²) in [4.78, 5) is 33.0. The first-order valence-corrected chi connectivity index (χ1v) is 9.80. The molecule has 32 heavy (non-hydrogen) atoms. The number of alkyl halides is 3. The van der Waals surface area contributed by atoms with Crippen molar-refractivity contribution < 1.29 is 27.9 Å².